The van der Waals surface area contributed by atoms with Crippen molar-refractivity contribution in [1.29, 1.82) is 5.26 Å². The van der Waals surface area contributed by atoms with Gasteiger partial charge in [0.1, 0.15) is 0 Å². The highest BCUT2D eigenvalue weighted by atomic mass is 15.0. The molecule has 1 aromatic heterocycles. The molecule has 2 aromatic rings. The van der Waals surface area contributed by atoms with Crippen LogP contribution in [0.25, 0.3) is 5.70 Å². The maximum Gasteiger partial charge on any atom is 0.0991 e. The van der Waals surface area contributed by atoms with Gasteiger partial charge in [-0.25, -0.2) is 4.98 Å². The van der Waals surface area contributed by atoms with Gasteiger partial charge in [0.25, 0.3) is 0 Å². The Labute approximate surface area is 112 Å². The number of imidazole rings is 1. The Morgan fingerprint density at radius 1 is 1.16 bits per heavy atom. The summed E-state index contributed by atoms with van der Waals surface area (Å²) < 4.78 is 2.09. The van der Waals surface area contributed by atoms with Crippen LogP contribution in [0.5, 0.6) is 0 Å². The van der Waals surface area contributed by atoms with Crippen molar-refractivity contribution in [2.75, 3.05) is 0 Å². The largest absolute Gasteiger partial charge is 0.306 e. The van der Waals surface area contributed by atoms with Crippen molar-refractivity contribution in [3.05, 3.63) is 59.7 Å². The van der Waals surface area contributed by atoms with Crippen molar-refractivity contribution in [2.24, 2.45) is 0 Å². The van der Waals surface area contributed by atoms with Crippen molar-refractivity contribution >= 4 is 5.70 Å². The van der Waals surface area contributed by atoms with Crippen molar-refractivity contribution in [3.8, 4) is 6.07 Å². The second kappa shape index (κ2) is 5.11. The smallest absolute Gasteiger partial charge is 0.0991 e. The summed E-state index contributed by atoms with van der Waals surface area (Å²) in [6, 6.07) is 9.97. The molecule has 0 amide bonds. The highest BCUT2D eigenvalue weighted by molar-refractivity contribution is 5.69. The molecule has 0 N–H and O–H groups in total. The van der Waals surface area contributed by atoms with Crippen molar-refractivity contribution in [1.82, 2.24) is 9.55 Å². The van der Waals surface area contributed by atoms with E-state index in [1.807, 2.05) is 36.8 Å². The van der Waals surface area contributed by atoms with Crippen LogP contribution in [0.4, 0.5) is 0 Å². The number of hydrogen-bond acceptors (Lipinski definition) is 2. The molecule has 3 nitrogen and oxygen atoms in total. The Hall–Kier alpha value is -2.34. The van der Waals surface area contributed by atoms with Crippen LogP contribution in [0, 0.1) is 11.3 Å². The second-order valence-electron chi connectivity index (χ2n) is 4.82. The zero-order valence-corrected chi connectivity index (χ0v) is 10.7. The fraction of sp³-hybridized carbons (Fsp3) is 0.250. The molecule has 1 saturated carbocycles. The van der Waals surface area contributed by atoms with Gasteiger partial charge in [-0.05, 0) is 49.0 Å². The van der Waals surface area contributed by atoms with E-state index >= 15 is 0 Å². The van der Waals surface area contributed by atoms with E-state index in [1.54, 1.807) is 6.20 Å². The minimum Gasteiger partial charge on any atom is -0.306 e. The quantitative estimate of drug-likeness (QED) is 0.816. The zero-order chi connectivity index (χ0) is 13.1. The van der Waals surface area contributed by atoms with Crippen molar-refractivity contribution in [2.45, 2.75) is 25.7 Å². The van der Waals surface area contributed by atoms with E-state index in [0.29, 0.717) is 5.56 Å². The normalized spacial score (nSPS) is 14.4. The number of benzene rings is 1. The summed E-state index contributed by atoms with van der Waals surface area (Å²) in [5.41, 5.74) is 4.58. The predicted octanol–water partition coefficient (Wildman–Crippen LogP) is 3.59. The first kappa shape index (κ1) is 11.7. The third-order valence-electron chi connectivity index (χ3n) is 3.59. The van der Waals surface area contributed by atoms with Gasteiger partial charge in [0.2, 0.25) is 0 Å². The van der Waals surface area contributed by atoms with E-state index in [2.05, 4.69) is 15.6 Å². The highest BCUT2D eigenvalue weighted by Crippen LogP contribution is 2.32. The summed E-state index contributed by atoms with van der Waals surface area (Å²) >= 11 is 0. The second-order valence-corrected chi connectivity index (χ2v) is 4.82. The molecule has 94 valence electrons. The molecule has 1 aliphatic rings. The minimum absolute atomic E-state index is 0.699. The van der Waals surface area contributed by atoms with Crippen molar-refractivity contribution in [3.63, 3.8) is 0 Å². The number of nitriles is 1. The predicted molar refractivity (Wildman–Crippen MR) is 74.2 cm³/mol. The van der Waals surface area contributed by atoms with Gasteiger partial charge in [-0.1, -0.05) is 12.1 Å². The lowest BCUT2D eigenvalue weighted by Crippen LogP contribution is -1.99. The highest BCUT2D eigenvalue weighted by Gasteiger charge is 2.15. The molecule has 1 aliphatic carbocycles. The van der Waals surface area contributed by atoms with E-state index in [-0.39, 0.29) is 0 Å². The van der Waals surface area contributed by atoms with Crippen LogP contribution < -0.4 is 0 Å². The summed E-state index contributed by atoms with van der Waals surface area (Å²) in [7, 11) is 0. The van der Waals surface area contributed by atoms with E-state index in [0.717, 1.165) is 18.4 Å². The lowest BCUT2D eigenvalue weighted by molar-refractivity contribution is 0.886. The van der Waals surface area contributed by atoms with Gasteiger partial charge in [-0.2, -0.15) is 5.26 Å². The van der Waals surface area contributed by atoms with Crippen LogP contribution in [-0.4, -0.2) is 9.55 Å². The van der Waals surface area contributed by atoms with Crippen LogP contribution in [0.3, 0.4) is 0 Å². The number of allylic oxidation sites excluding steroid dienone is 1. The first-order valence-corrected chi connectivity index (χ1v) is 6.59. The summed E-state index contributed by atoms with van der Waals surface area (Å²) in [6.45, 7) is 0. The summed E-state index contributed by atoms with van der Waals surface area (Å²) in [6.07, 6.45) is 10.5. The van der Waals surface area contributed by atoms with E-state index in [1.165, 1.54) is 24.1 Å². The standard InChI is InChI=1S/C16H15N3/c17-11-13-5-7-15(8-6-13)16(14-3-1-2-4-14)19-10-9-18-12-19/h5-10,12H,1-4H2. The third kappa shape index (κ3) is 2.30. The molecular formula is C16H15N3. The molecule has 0 bridgehead atoms. The van der Waals surface area contributed by atoms with Gasteiger partial charge in [-0.3, -0.25) is 0 Å². The average Bonchev–Trinajstić information content (AvgIpc) is 3.13. The van der Waals surface area contributed by atoms with Gasteiger partial charge in [-0.15, -0.1) is 0 Å². The maximum atomic E-state index is 8.89. The molecule has 0 unspecified atom stereocenters. The lowest BCUT2D eigenvalue weighted by atomic mass is 10.0. The average molecular weight is 249 g/mol. The molecule has 3 heteroatoms. The first-order chi connectivity index (χ1) is 9.38. The first-order valence-electron chi connectivity index (χ1n) is 6.59. The Balaban J connectivity index is 2.09. The number of hydrogen-bond donors (Lipinski definition) is 0. The molecule has 0 atom stereocenters. The van der Waals surface area contributed by atoms with E-state index < -0.39 is 0 Å². The topological polar surface area (TPSA) is 41.6 Å². The van der Waals surface area contributed by atoms with Crippen LogP contribution in [0.15, 0.2) is 48.6 Å². The summed E-state index contributed by atoms with van der Waals surface area (Å²) in [5, 5.41) is 8.89. The van der Waals surface area contributed by atoms with Crippen LogP contribution in [-0.2, 0) is 0 Å². The lowest BCUT2D eigenvalue weighted by Gasteiger charge is -2.13. The van der Waals surface area contributed by atoms with E-state index in [9.17, 15) is 0 Å². The molecule has 0 spiro atoms. The minimum atomic E-state index is 0.699. The van der Waals surface area contributed by atoms with Crippen LogP contribution in [0.1, 0.15) is 36.8 Å². The Bertz CT molecular complexity index is 620. The monoisotopic (exact) mass is 249 g/mol. The molecule has 1 aromatic carbocycles. The third-order valence-corrected chi connectivity index (χ3v) is 3.59. The fourth-order valence-corrected chi connectivity index (χ4v) is 2.67. The molecule has 19 heavy (non-hydrogen) atoms. The molecule has 0 saturated heterocycles. The van der Waals surface area contributed by atoms with Gasteiger partial charge < -0.3 is 4.57 Å². The molecule has 1 fully saturated rings. The molecule has 1 heterocycles. The molecular weight excluding hydrogens is 234 g/mol. The molecule has 0 aliphatic heterocycles. The number of aromatic nitrogens is 2. The Morgan fingerprint density at radius 2 is 1.89 bits per heavy atom. The summed E-state index contributed by atoms with van der Waals surface area (Å²) in [4.78, 5) is 4.15. The van der Waals surface area contributed by atoms with Gasteiger partial charge in [0.15, 0.2) is 0 Å². The van der Waals surface area contributed by atoms with Crippen LogP contribution in [0.2, 0.25) is 0 Å². The van der Waals surface area contributed by atoms with E-state index in [4.69, 9.17) is 5.26 Å². The molecule has 0 radical (unpaired) electrons. The van der Waals surface area contributed by atoms with Gasteiger partial charge >= 0.3 is 0 Å². The van der Waals surface area contributed by atoms with Gasteiger partial charge in [0, 0.05) is 12.4 Å². The van der Waals surface area contributed by atoms with Crippen LogP contribution >= 0.6 is 0 Å². The fourth-order valence-electron chi connectivity index (χ4n) is 2.67. The SMILES string of the molecule is N#Cc1ccc(C(=C2CCCC2)n2ccnc2)cc1. The molecule has 3 rings (SSSR count). The maximum absolute atomic E-state index is 8.89. The van der Waals surface area contributed by atoms with Crippen molar-refractivity contribution < 1.29 is 0 Å². The zero-order valence-electron chi connectivity index (χ0n) is 10.7. The Kier molecular flexibility index (Phi) is 3.16. The number of rotatable bonds is 2. The summed E-state index contributed by atoms with van der Waals surface area (Å²) in [5.74, 6) is 0. The Morgan fingerprint density at radius 3 is 2.47 bits per heavy atom. The number of nitrogens with zero attached hydrogens (tertiary/aromatic N) is 3. The van der Waals surface area contributed by atoms with Gasteiger partial charge in [0.05, 0.1) is 23.7 Å².